The van der Waals surface area contributed by atoms with Crippen LogP contribution < -0.4 is 4.72 Å². The minimum atomic E-state index is -3.96. The fourth-order valence-electron chi connectivity index (χ4n) is 1.23. The average Bonchev–Trinajstić information content (AvgIpc) is 2.70. The first-order chi connectivity index (χ1) is 8.38. The number of hydrogen-bond acceptors (Lipinski definition) is 4. The quantitative estimate of drug-likeness (QED) is 0.843. The summed E-state index contributed by atoms with van der Waals surface area (Å²) in [5.74, 6) is -2.26. The van der Waals surface area contributed by atoms with E-state index in [0.717, 1.165) is 18.3 Å². The second-order valence-corrected chi connectivity index (χ2v) is 5.11. The summed E-state index contributed by atoms with van der Waals surface area (Å²) in [6.07, 6.45) is 2.36. The van der Waals surface area contributed by atoms with E-state index in [1.807, 2.05) is 4.72 Å². The van der Waals surface area contributed by atoms with Crippen molar-refractivity contribution in [3.8, 4) is 0 Å². The molecule has 0 bridgehead atoms. The molecule has 6 nitrogen and oxygen atoms in total. The van der Waals surface area contributed by atoms with Gasteiger partial charge in [-0.3, -0.25) is 9.40 Å². The van der Waals surface area contributed by atoms with E-state index in [1.54, 1.807) is 7.05 Å². The summed E-state index contributed by atoms with van der Waals surface area (Å²) in [5, 5.41) is 3.69. The first-order valence-corrected chi connectivity index (χ1v) is 6.20. The number of sulfonamides is 1. The van der Waals surface area contributed by atoms with Gasteiger partial charge in [-0.1, -0.05) is 0 Å². The molecule has 0 atom stereocenters. The van der Waals surface area contributed by atoms with E-state index in [-0.39, 0.29) is 4.90 Å². The molecule has 0 aliphatic heterocycles. The maximum Gasteiger partial charge on any atom is 0.265 e. The van der Waals surface area contributed by atoms with Gasteiger partial charge in [-0.2, -0.15) is 18.9 Å². The van der Waals surface area contributed by atoms with Gasteiger partial charge >= 0.3 is 0 Å². The fraction of sp³-hybridized carbons (Fsp3) is 0.111. The Hall–Kier alpha value is -2.03. The van der Waals surface area contributed by atoms with Gasteiger partial charge in [-0.05, 0) is 12.1 Å². The number of aromatic nitrogens is 3. The molecule has 2 heterocycles. The van der Waals surface area contributed by atoms with Crippen molar-refractivity contribution in [3.63, 3.8) is 0 Å². The fourth-order valence-corrected chi connectivity index (χ4v) is 2.27. The second-order valence-electron chi connectivity index (χ2n) is 3.43. The summed E-state index contributed by atoms with van der Waals surface area (Å²) in [6.45, 7) is 0. The lowest BCUT2D eigenvalue weighted by Gasteiger charge is -2.06. The molecule has 0 aliphatic rings. The van der Waals surface area contributed by atoms with E-state index in [0.29, 0.717) is 0 Å². The molecule has 0 fully saturated rings. The van der Waals surface area contributed by atoms with Crippen molar-refractivity contribution >= 4 is 15.7 Å². The van der Waals surface area contributed by atoms with Crippen molar-refractivity contribution in [2.75, 3.05) is 4.72 Å². The topological polar surface area (TPSA) is 76.9 Å². The molecule has 0 spiro atoms. The first-order valence-electron chi connectivity index (χ1n) is 4.72. The van der Waals surface area contributed by atoms with E-state index in [2.05, 4.69) is 10.1 Å². The number of anilines is 1. The molecule has 96 valence electrons. The Balaban J connectivity index is 2.33. The molecule has 2 rings (SSSR count). The lowest BCUT2D eigenvalue weighted by Crippen LogP contribution is -2.14. The first kappa shape index (κ1) is 12.4. The molecular formula is C9H8F2N4O2S. The van der Waals surface area contributed by atoms with Crippen molar-refractivity contribution in [2.24, 2.45) is 7.05 Å². The Labute approximate surface area is 101 Å². The Morgan fingerprint density at radius 3 is 2.61 bits per heavy atom. The monoisotopic (exact) mass is 274 g/mol. The highest BCUT2D eigenvalue weighted by atomic mass is 32.2. The molecule has 1 N–H and O–H groups in total. The van der Waals surface area contributed by atoms with Crippen LogP contribution in [0.5, 0.6) is 0 Å². The Morgan fingerprint density at radius 1 is 1.33 bits per heavy atom. The maximum absolute atomic E-state index is 13.2. The zero-order valence-electron chi connectivity index (χ0n) is 9.13. The van der Waals surface area contributed by atoms with Crippen molar-refractivity contribution in [1.82, 2.24) is 14.8 Å². The van der Waals surface area contributed by atoms with Crippen LogP contribution >= 0.6 is 0 Å². The number of aryl methyl sites for hydroxylation is 1. The van der Waals surface area contributed by atoms with Gasteiger partial charge in [0.15, 0.2) is 0 Å². The summed E-state index contributed by atoms with van der Waals surface area (Å²) < 4.78 is 52.6. The SMILES string of the molecule is Cn1cc(S(=O)(=O)Nc2ccc(F)nc2F)cn1. The zero-order valence-corrected chi connectivity index (χ0v) is 9.95. The molecule has 0 unspecified atom stereocenters. The van der Waals surface area contributed by atoms with Crippen molar-refractivity contribution in [1.29, 1.82) is 0 Å². The Kier molecular flexibility index (Phi) is 2.99. The predicted molar refractivity (Wildman–Crippen MR) is 58.2 cm³/mol. The molecule has 2 aromatic rings. The highest BCUT2D eigenvalue weighted by molar-refractivity contribution is 7.92. The number of hydrogen-bond donors (Lipinski definition) is 1. The third-order valence-corrected chi connectivity index (χ3v) is 3.37. The van der Waals surface area contributed by atoms with E-state index in [4.69, 9.17) is 0 Å². The lowest BCUT2D eigenvalue weighted by molar-refractivity contribution is 0.515. The van der Waals surface area contributed by atoms with Gasteiger partial charge in [0.1, 0.15) is 10.6 Å². The van der Waals surface area contributed by atoms with Crippen LogP contribution in [0, 0.1) is 11.9 Å². The molecule has 0 aromatic carbocycles. The van der Waals surface area contributed by atoms with Crippen LogP contribution in [0.25, 0.3) is 0 Å². The Morgan fingerprint density at radius 2 is 2.06 bits per heavy atom. The molecular weight excluding hydrogens is 266 g/mol. The van der Waals surface area contributed by atoms with Gasteiger partial charge in [0.05, 0.1) is 6.20 Å². The van der Waals surface area contributed by atoms with Gasteiger partial charge < -0.3 is 0 Å². The zero-order chi connectivity index (χ0) is 13.3. The van der Waals surface area contributed by atoms with E-state index < -0.39 is 27.6 Å². The molecule has 2 aromatic heterocycles. The van der Waals surface area contributed by atoms with Gasteiger partial charge in [0, 0.05) is 13.2 Å². The van der Waals surface area contributed by atoms with Gasteiger partial charge in [-0.15, -0.1) is 0 Å². The third-order valence-electron chi connectivity index (χ3n) is 2.05. The van der Waals surface area contributed by atoms with Crippen LogP contribution in [0.1, 0.15) is 0 Å². The van der Waals surface area contributed by atoms with E-state index in [9.17, 15) is 17.2 Å². The minimum Gasteiger partial charge on any atom is -0.275 e. The van der Waals surface area contributed by atoms with E-state index >= 15 is 0 Å². The van der Waals surface area contributed by atoms with Gasteiger partial charge in [-0.25, -0.2) is 8.42 Å². The molecule has 0 saturated heterocycles. The molecule has 0 amide bonds. The van der Waals surface area contributed by atoms with Crippen LogP contribution in [-0.2, 0) is 17.1 Å². The molecule has 0 radical (unpaired) electrons. The lowest BCUT2D eigenvalue weighted by atomic mass is 10.4. The number of pyridine rings is 1. The molecule has 18 heavy (non-hydrogen) atoms. The van der Waals surface area contributed by atoms with Crippen molar-refractivity contribution in [2.45, 2.75) is 4.90 Å². The summed E-state index contributed by atoms with van der Waals surface area (Å²) in [6, 6.07) is 1.80. The highest BCUT2D eigenvalue weighted by Crippen LogP contribution is 2.17. The summed E-state index contributed by atoms with van der Waals surface area (Å²) in [5.41, 5.74) is -0.430. The van der Waals surface area contributed by atoms with Gasteiger partial charge in [0.25, 0.3) is 10.0 Å². The minimum absolute atomic E-state index is 0.131. The summed E-state index contributed by atoms with van der Waals surface area (Å²) >= 11 is 0. The van der Waals surface area contributed by atoms with Crippen LogP contribution in [0.3, 0.4) is 0 Å². The Bertz CT molecular complexity index is 684. The number of nitrogens with zero attached hydrogens (tertiary/aromatic N) is 3. The summed E-state index contributed by atoms with van der Waals surface area (Å²) in [4.78, 5) is 2.74. The van der Waals surface area contributed by atoms with Crippen molar-refractivity contribution in [3.05, 3.63) is 36.4 Å². The average molecular weight is 274 g/mol. The predicted octanol–water partition coefficient (Wildman–Crippen LogP) is 0.894. The normalized spacial score (nSPS) is 11.5. The van der Waals surface area contributed by atoms with Crippen LogP contribution in [0.15, 0.2) is 29.4 Å². The highest BCUT2D eigenvalue weighted by Gasteiger charge is 2.18. The van der Waals surface area contributed by atoms with Crippen LogP contribution in [0.2, 0.25) is 0 Å². The standard InChI is InChI=1S/C9H8F2N4O2S/c1-15-5-6(4-12-15)18(16,17)14-7-2-3-8(10)13-9(7)11/h2-5,14H,1H3. The second kappa shape index (κ2) is 4.33. The van der Waals surface area contributed by atoms with Crippen LogP contribution in [0.4, 0.5) is 14.5 Å². The molecule has 0 aliphatic carbocycles. The van der Waals surface area contributed by atoms with Gasteiger partial charge in [0.2, 0.25) is 11.9 Å². The molecule has 0 saturated carbocycles. The number of halogens is 2. The number of nitrogens with one attached hydrogen (secondary N) is 1. The van der Waals surface area contributed by atoms with Crippen molar-refractivity contribution < 1.29 is 17.2 Å². The molecule has 9 heteroatoms. The van der Waals surface area contributed by atoms with Crippen LogP contribution in [-0.4, -0.2) is 23.2 Å². The third kappa shape index (κ3) is 2.45. The van der Waals surface area contributed by atoms with E-state index in [1.165, 1.54) is 10.9 Å². The number of rotatable bonds is 3. The smallest absolute Gasteiger partial charge is 0.265 e. The maximum atomic E-state index is 13.2. The largest absolute Gasteiger partial charge is 0.275 e. The summed E-state index contributed by atoms with van der Waals surface area (Å²) in [7, 11) is -2.42.